The lowest BCUT2D eigenvalue weighted by Gasteiger charge is -2.16. The molecule has 1 aromatic rings. The van der Waals surface area contributed by atoms with Gasteiger partial charge in [0.05, 0.1) is 12.5 Å². The maximum Gasteiger partial charge on any atom is 0.308 e. The molecule has 1 aromatic carbocycles. The topological polar surface area (TPSA) is 67.4 Å². The molecule has 1 aliphatic rings. The van der Waals surface area contributed by atoms with Crippen molar-refractivity contribution in [2.24, 2.45) is 0 Å². The van der Waals surface area contributed by atoms with E-state index < -0.39 is 0 Å². The van der Waals surface area contributed by atoms with Crippen LogP contribution in [0, 0.1) is 0 Å². The fourth-order valence-corrected chi connectivity index (χ4v) is 2.35. The second-order valence-corrected chi connectivity index (χ2v) is 5.41. The molecule has 1 aliphatic heterocycles. The molecule has 1 heterocycles. The summed E-state index contributed by atoms with van der Waals surface area (Å²) in [5.41, 5.74) is 0.956. The third-order valence-corrected chi connectivity index (χ3v) is 3.48. The molecule has 1 saturated heterocycles. The molecular weight excluding hydrogens is 268 g/mol. The minimum atomic E-state index is -0.300. The molecule has 0 bridgehead atoms. The van der Waals surface area contributed by atoms with Crippen molar-refractivity contribution in [3.05, 3.63) is 35.9 Å². The third kappa shape index (κ3) is 5.19. The van der Waals surface area contributed by atoms with Crippen molar-refractivity contribution in [2.75, 3.05) is 6.54 Å². The summed E-state index contributed by atoms with van der Waals surface area (Å²) in [6.07, 6.45) is 2.06. The second-order valence-electron chi connectivity index (χ2n) is 5.41. The highest BCUT2D eigenvalue weighted by atomic mass is 16.5. The maximum atomic E-state index is 11.9. The number of hydrogen-bond acceptors (Lipinski definition) is 4. The fraction of sp³-hybridized carbons (Fsp3) is 0.500. The zero-order valence-electron chi connectivity index (χ0n) is 12.3. The Bertz CT molecular complexity index is 470. The fourth-order valence-electron chi connectivity index (χ4n) is 2.35. The SMILES string of the molecule is CC(CC(=O)OCc1ccccc1)NC(=O)C1CCCN1. The zero-order valence-corrected chi connectivity index (χ0v) is 12.3. The van der Waals surface area contributed by atoms with Crippen LogP contribution in [0.15, 0.2) is 30.3 Å². The number of nitrogens with one attached hydrogen (secondary N) is 2. The number of esters is 1. The van der Waals surface area contributed by atoms with E-state index in [1.807, 2.05) is 37.3 Å². The molecular formula is C16H22N2O3. The van der Waals surface area contributed by atoms with Crippen LogP contribution in [0.25, 0.3) is 0 Å². The number of rotatable bonds is 6. The summed E-state index contributed by atoms with van der Waals surface area (Å²) in [4.78, 5) is 23.6. The van der Waals surface area contributed by atoms with Crippen LogP contribution in [0.4, 0.5) is 0 Å². The Balaban J connectivity index is 1.68. The minimum absolute atomic E-state index is 0.0316. The largest absolute Gasteiger partial charge is 0.461 e. The quantitative estimate of drug-likeness (QED) is 0.777. The molecule has 2 rings (SSSR count). The van der Waals surface area contributed by atoms with Crippen molar-refractivity contribution in [3.8, 4) is 0 Å². The summed E-state index contributed by atoms with van der Waals surface area (Å²) in [6, 6.07) is 9.20. The molecule has 0 aromatic heterocycles. The van der Waals surface area contributed by atoms with Gasteiger partial charge in [-0.15, -0.1) is 0 Å². The van der Waals surface area contributed by atoms with Crippen LogP contribution in [0.2, 0.25) is 0 Å². The van der Waals surface area contributed by atoms with E-state index in [0.29, 0.717) is 0 Å². The second kappa shape index (κ2) is 7.78. The molecule has 5 nitrogen and oxygen atoms in total. The van der Waals surface area contributed by atoms with Gasteiger partial charge in [-0.05, 0) is 31.9 Å². The Morgan fingerprint density at radius 3 is 2.81 bits per heavy atom. The van der Waals surface area contributed by atoms with Crippen LogP contribution in [0.5, 0.6) is 0 Å². The highest BCUT2D eigenvalue weighted by Crippen LogP contribution is 2.06. The Labute approximate surface area is 125 Å². The maximum absolute atomic E-state index is 11.9. The van der Waals surface area contributed by atoms with Crippen molar-refractivity contribution in [2.45, 2.75) is 44.9 Å². The summed E-state index contributed by atoms with van der Waals surface area (Å²) in [5.74, 6) is -0.332. The highest BCUT2D eigenvalue weighted by Gasteiger charge is 2.23. The zero-order chi connectivity index (χ0) is 15.1. The van der Waals surface area contributed by atoms with Crippen LogP contribution >= 0.6 is 0 Å². The van der Waals surface area contributed by atoms with E-state index in [2.05, 4.69) is 10.6 Å². The van der Waals surface area contributed by atoms with Gasteiger partial charge in [0.1, 0.15) is 6.61 Å². The molecule has 0 saturated carbocycles. The molecule has 114 valence electrons. The number of carbonyl (C=O) groups is 2. The molecule has 2 unspecified atom stereocenters. The van der Waals surface area contributed by atoms with Crippen LogP contribution < -0.4 is 10.6 Å². The first-order valence-electron chi connectivity index (χ1n) is 7.38. The Morgan fingerprint density at radius 1 is 1.38 bits per heavy atom. The van der Waals surface area contributed by atoms with E-state index in [4.69, 9.17) is 4.74 Å². The first-order valence-corrected chi connectivity index (χ1v) is 7.38. The summed E-state index contributed by atoms with van der Waals surface area (Å²) < 4.78 is 5.20. The average molecular weight is 290 g/mol. The van der Waals surface area contributed by atoms with Crippen molar-refractivity contribution in [1.29, 1.82) is 0 Å². The van der Waals surface area contributed by atoms with E-state index >= 15 is 0 Å². The van der Waals surface area contributed by atoms with Crippen LogP contribution in [-0.4, -0.2) is 30.5 Å². The van der Waals surface area contributed by atoms with Gasteiger partial charge in [-0.2, -0.15) is 0 Å². The lowest BCUT2D eigenvalue weighted by molar-refractivity contribution is -0.145. The predicted molar refractivity (Wildman–Crippen MR) is 79.5 cm³/mol. The van der Waals surface area contributed by atoms with Gasteiger partial charge < -0.3 is 15.4 Å². The average Bonchev–Trinajstić information content (AvgIpc) is 3.00. The van der Waals surface area contributed by atoms with Gasteiger partial charge in [0.15, 0.2) is 0 Å². The van der Waals surface area contributed by atoms with Crippen molar-refractivity contribution in [3.63, 3.8) is 0 Å². The van der Waals surface area contributed by atoms with Gasteiger partial charge in [-0.1, -0.05) is 30.3 Å². The number of benzene rings is 1. The van der Waals surface area contributed by atoms with E-state index in [-0.39, 0.29) is 37.0 Å². The van der Waals surface area contributed by atoms with Gasteiger partial charge >= 0.3 is 5.97 Å². The monoisotopic (exact) mass is 290 g/mol. The number of carbonyl (C=O) groups excluding carboxylic acids is 2. The normalized spacial score (nSPS) is 19.0. The Hall–Kier alpha value is -1.88. The van der Waals surface area contributed by atoms with Crippen molar-refractivity contribution >= 4 is 11.9 Å². The first-order chi connectivity index (χ1) is 10.1. The van der Waals surface area contributed by atoms with E-state index in [1.165, 1.54) is 0 Å². The number of ether oxygens (including phenoxy) is 1. The lowest BCUT2D eigenvalue weighted by atomic mass is 10.2. The number of hydrogen-bond donors (Lipinski definition) is 2. The summed E-state index contributed by atoms with van der Waals surface area (Å²) in [7, 11) is 0. The van der Waals surface area contributed by atoms with Gasteiger partial charge in [0.2, 0.25) is 5.91 Å². The molecule has 0 spiro atoms. The molecule has 0 radical (unpaired) electrons. The van der Waals surface area contributed by atoms with E-state index in [0.717, 1.165) is 24.9 Å². The Morgan fingerprint density at radius 2 is 2.14 bits per heavy atom. The lowest BCUT2D eigenvalue weighted by Crippen LogP contribution is -2.44. The summed E-state index contributed by atoms with van der Waals surface area (Å²) in [5, 5.41) is 5.98. The van der Waals surface area contributed by atoms with Crippen molar-refractivity contribution < 1.29 is 14.3 Å². The van der Waals surface area contributed by atoms with E-state index in [9.17, 15) is 9.59 Å². The van der Waals surface area contributed by atoms with Gasteiger partial charge in [-0.3, -0.25) is 9.59 Å². The molecule has 2 N–H and O–H groups in total. The van der Waals surface area contributed by atoms with Crippen LogP contribution in [0.3, 0.4) is 0 Å². The first kappa shape index (κ1) is 15.5. The molecule has 0 aliphatic carbocycles. The molecule has 5 heteroatoms. The summed E-state index contributed by atoms with van der Waals surface area (Å²) >= 11 is 0. The Kier molecular flexibility index (Phi) is 5.75. The van der Waals surface area contributed by atoms with Gasteiger partial charge in [0.25, 0.3) is 0 Å². The molecule has 2 atom stereocenters. The van der Waals surface area contributed by atoms with E-state index in [1.54, 1.807) is 0 Å². The van der Waals surface area contributed by atoms with Crippen molar-refractivity contribution in [1.82, 2.24) is 10.6 Å². The van der Waals surface area contributed by atoms with Gasteiger partial charge in [-0.25, -0.2) is 0 Å². The molecule has 1 amide bonds. The van der Waals surface area contributed by atoms with Gasteiger partial charge in [0, 0.05) is 6.04 Å². The predicted octanol–water partition coefficient (Wildman–Crippen LogP) is 1.38. The third-order valence-electron chi connectivity index (χ3n) is 3.48. The molecule has 1 fully saturated rings. The van der Waals surface area contributed by atoms with Crippen LogP contribution in [0.1, 0.15) is 31.7 Å². The number of amides is 1. The van der Waals surface area contributed by atoms with Crippen LogP contribution in [-0.2, 0) is 20.9 Å². The summed E-state index contributed by atoms with van der Waals surface area (Å²) in [6.45, 7) is 2.97. The standard InChI is InChI=1S/C16H22N2O3/c1-12(18-16(20)14-8-5-9-17-14)10-15(19)21-11-13-6-3-2-4-7-13/h2-4,6-7,12,14,17H,5,8-11H2,1H3,(H,18,20). The molecule has 21 heavy (non-hydrogen) atoms. The smallest absolute Gasteiger partial charge is 0.308 e. The minimum Gasteiger partial charge on any atom is -0.461 e. The highest BCUT2D eigenvalue weighted by molar-refractivity contribution is 5.83.